The number of carbonyl (C=O) groups excluding carboxylic acids is 2. The predicted octanol–water partition coefficient (Wildman–Crippen LogP) is 2.92. The minimum atomic E-state index is -0.626. The molecular formula is C16H21ClN2O3. The molecule has 2 N–H and O–H groups in total. The van der Waals surface area contributed by atoms with Crippen molar-refractivity contribution in [3.05, 3.63) is 34.9 Å². The van der Waals surface area contributed by atoms with Crippen LogP contribution < -0.4 is 5.73 Å². The third-order valence-corrected chi connectivity index (χ3v) is 4.33. The zero-order chi connectivity index (χ0) is 16.1. The van der Waals surface area contributed by atoms with Crippen LogP contribution in [-0.4, -0.2) is 36.1 Å². The highest BCUT2D eigenvalue weighted by molar-refractivity contribution is 6.31. The molecule has 2 unspecified atom stereocenters. The minimum Gasteiger partial charge on any atom is -0.450 e. The fourth-order valence-electron chi connectivity index (χ4n) is 3.01. The number of ether oxygens (including phenoxy) is 1. The first-order valence-electron chi connectivity index (χ1n) is 7.53. The molecule has 1 aromatic carbocycles. The molecule has 0 spiro atoms. The highest BCUT2D eigenvalue weighted by atomic mass is 35.5. The molecule has 0 bridgehead atoms. The van der Waals surface area contributed by atoms with Gasteiger partial charge in [0, 0.05) is 11.6 Å². The highest BCUT2D eigenvalue weighted by Gasteiger charge is 2.38. The van der Waals surface area contributed by atoms with Gasteiger partial charge < -0.3 is 15.4 Å². The van der Waals surface area contributed by atoms with Crippen LogP contribution in [0.4, 0.5) is 4.79 Å². The van der Waals surface area contributed by atoms with Crippen molar-refractivity contribution in [2.24, 2.45) is 5.73 Å². The molecule has 1 heterocycles. The maximum Gasteiger partial charge on any atom is 0.410 e. The molecule has 2 atom stereocenters. The largest absolute Gasteiger partial charge is 0.450 e. The summed E-state index contributed by atoms with van der Waals surface area (Å²) in [5.74, 6) is -1.10. The molecule has 2 amide bonds. The lowest BCUT2D eigenvalue weighted by Gasteiger charge is -2.38. The van der Waals surface area contributed by atoms with E-state index < -0.39 is 17.9 Å². The Morgan fingerprint density at radius 2 is 2.14 bits per heavy atom. The molecule has 1 fully saturated rings. The van der Waals surface area contributed by atoms with Crippen molar-refractivity contribution in [2.45, 2.75) is 38.1 Å². The van der Waals surface area contributed by atoms with Crippen molar-refractivity contribution in [1.82, 2.24) is 4.90 Å². The maximum absolute atomic E-state index is 12.2. The molecular weight excluding hydrogens is 304 g/mol. The van der Waals surface area contributed by atoms with Crippen LogP contribution in [0.2, 0.25) is 5.02 Å². The van der Waals surface area contributed by atoms with Crippen molar-refractivity contribution >= 4 is 23.6 Å². The van der Waals surface area contributed by atoms with Gasteiger partial charge in [0.15, 0.2) is 0 Å². The Labute approximate surface area is 135 Å². The van der Waals surface area contributed by atoms with Gasteiger partial charge in [-0.05, 0) is 37.8 Å². The molecule has 22 heavy (non-hydrogen) atoms. The lowest BCUT2D eigenvalue weighted by molar-refractivity contribution is -0.121. The summed E-state index contributed by atoms with van der Waals surface area (Å²) in [6.45, 7) is 2.63. The van der Waals surface area contributed by atoms with Crippen LogP contribution in [0.3, 0.4) is 0 Å². The van der Waals surface area contributed by atoms with Crippen LogP contribution in [0.25, 0.3) is 0 Å². The molecule has 5 nitrogen and oxygen atoms in total. The number of rotatable bonds is 4. The van der Waals surface area contributed by atoms with Gasteiger partial charge in [0.1, 0.15) is 0 Å². The van der Waals surface area contributed by atoms with Gasteiger partial charge in [0.2, 0.25) is 5.91 Å². The van der Waals surface area contributed by atoms with Crippen LogP contribution in [0.5, 0.6) is 0 Å². The Hall–Kier alpha value is -1.75. The van der Waals surface area contributed by atoms with E-state index in [1.165, 1.54) is 0 Å². The number of amides is 2. The van der Waals surface area contributed by atoms with Crippen LogP contribution >= 0.6 is 11.6 Å². The van der Waals surface area contributed by atoms with E-state index in [0.717, 1.165) is 12.8 Å². The van der Waals surface area contributed by atoms with Gasteiger partial charge in [-0.2, -0.15) is 0 Å². The quantitative estimate of drug-likeness (QED) is 0.925. The summed E-state index contributed by atoms with van der Waals surface area (Å²) in [4.78, 5) is 25.8. The number of primary amides is 1. The highest BCUT2D eigenvalue weighted by Crippen LogP contribution is 2.34. The van der Waals surface area contributed by atoms with Crippen molar-refractivity contribution in [1.29, 1.82) is 0 Å². The molecule has 0 saturated carbocycles. The van der Waals surface area contributed by atoms with Crippen LogP contribution in [-0.2, 0) is 9.53 Å². The van der Waals surface area contributed by atoms with Gasteiger partial charge in [-0.3, -0.25) is 4.79 Å². The average molecular weight is 325 g/mol. The second-order valence-corrected chi connectivity index (χ2v) is 5.76. The van der Waals surface area contributed by atoms with E-state index in [2.05, 4.69) is 0 Å². The first-order chi connectivity index (χ1) is 10.6. The van der Waals surface area contributed by atoms with E-state index in [1.54, 1.807) is 30.0 Å². The molecule has 2 rings (SSSR count). The first kappa shape index (κ1) is 16.6. The Balaban J connectivity index is 2.35. The third kappa shape index (κ3) is 3.53. The fourth-order valence-corrected chi connectivity index (χ4v) is 3.27. The summed E-state index contributed by atoms with van der Waals surface area (Å²) in [5.41, 5.74) is 6.29. The van der Waals surface area contributed by atoms with Gasteiger partial charge in [0.25, 0.3) is 0 Å². The van der Waals surface area contributed by atoms with Gasteiger partial charge >= 0.3 is 6.09 Å². The maximum atomic E-state index is 12.2. The number of halogens is 1. The Kier molecular flexibility index (Phi) is 5.66. The second-order valence-electron chi connectivity index (χ2n) is 5.36. The number of likely N-dealkylation sites (tertiary alicyclic amines) is 1. The lowest BCUT2D eigenvalue weighted by Crippen LogP contribution is -2.50. The number of hydrogen-bond acceptors (Lipinski definition) is 3. The van der Waals surface area contributed by atoms with Gasteiger partial charge in [0.05, 0.1) is 18.6 Å². The summed E-state index contributed by atoms with van der Waals surface area (Å²) in [6, 6.07) is 6.81. The topological polar surface area (TPSA) is 72.6 Å². The molecule has 6 heteroatoms. The molecule has 1 aliphatic rings. The summed E-state index contributed by atoms with van der Waals surface area (Å²) >= 11 is 6.23. The van der Waals surface area contributed by atoms with E-state index in [4.69, 9.17) is 22.1 Å². The van der Waals surface area contributed by atoms with Crippen molar-refractivity contribution in [3.63, 3.8) is 0 Å². The average Bonchev–Trinajstić information content (AvgIpc) is 2.50. The molecule has 0 aliphatic carbocycles. The van der Waals surface area contributed by atoms with Crippen LogP contribution in [0.15, 0.2) is 24.3 Å². The number of nitrogens with zero attached hydrogens (tertiary/aromatic N) is 1. The number of hydrogen-bond donors (Lipinski definition) is 1. The summed E-state index contributed by atoms with van der Waals surface area (Å²) in [5, 5.41) is 0.487. The summed E-state index contributed by atoms with van der Waals surface area (Å²) < 4.78 is 5.11. The SMILES string of the molecule is CCOC(=O)N1CCCCC1C(C(N)=O)c1ccccc1Cl. The van der Waals surface area contributed by atoms with Gasteiger partial charge in [-0.25, -0.2) is 4.79 Å². The van der Waals surface area contributed by atoms with Crippen molar-refractivity contribution in [2.75, 3.05) is 13.2 Å². The van der Waals surface area contributed by atoms with Gasteiger partial charge in [-0.1, -0.05) is 29.8 Å². The number of nitrogens with two attached hydrogens (primary N) is 1. The normalized spacial score (nSPS) is 19.5. The Morgan fingerprint density at radius 1 is 1.41 bits per heavy atom. The molecule has 1 aromatic rings. The molecule has 120 valence electrons. The zero-order valence-electron chi connectivity index (χ0n) is 12.6. The molecule has 0 radical (unpaired) electrons. The molecule has 0 aromatic heterocycles. The second kappa shape index (κ2) is 7.49. The van der Waals surface area contributed by atoms with Crippen molar-refractivity contribution in [3.8, 4) is 0 Å². The zero-order valence-corrected chi connectivity index (χ0v) is 13.4. The standard InChI is InChI=1S/C16H21ClN2O3/c1-2-22-16(21)19-10-6-5-9-13(19)14(15(18)20)11-7-3-4-8-12(11)17/h3-4,7-8,13-14H,2,5-6,9-10H2,1H3,(H2,18,20). The fraction of sp³-hybridized carbons (Fsp3) is 0.500. The number of benzene rings is 1. The van der Waals surface area contributed by atoms with E-state index in [9.17, 15) is 9.59 Å². The summed E-state index contributed by atoms with van der Waals surface area (Å²) in [7, 11) is 0. The third-order valence-electron chi connectivity index (χ3n) is 3.98. The van der Waals surface area contributed by atoms with E-state index in [-0.39, 0.29) is 6.04 Å². The Morgan fingerprint density at radius 3 is 2.77 bits per heavy atom. The smallest absolute Gasteiger partial charge is 0.410 e. The summed E-state index contributed by atoms with van der Waals surface area (Å²) in [6.07, 6.45) is 2.14. The van der Waals surface area contributed by atoms with E-state index in [1.807, 2.05) is 6.07 Å². The Bertz CT molecular complexity index is 550. The molecule has 1 saturated heterocycles. The van der Waals surface area contributed by atoms with Crippen LogP contribution in [0, 0.1) is 0 Å². The number of piperidine rings is 1. The van der Waals surface area contributed by atoms with Crippen molar-refractivity contribution < 1.29 is 14.3 Å². The van der Waals surface area contributed by atoms with Gasteiger partial charge in [-0.15, -0.1) is 0 Å². The van der Waals surface area contributed by atoms with E-state index in [0.29, 0.717) is 30.2 Å². The van der Waals surface area contributed by atoms with Crippen LogP contribution in [0.1, 0.15) is 37.7 Å². The lowest BCUT2D eigenvalue weighted by atomic mass is 9.84. The molecule has 1 aliphatic heterocycles. The van der Waals surface area contributed by atoms with E-state index >= 15 is 0 Å². The predicted molar refractivity (Wildman–Crippen MR) is 84.8 cm³/mol. The first-order valence-corrected chi connectivity index (χ1v) is 7.91. The monoisotopic (exact) mass is 324 g/mol. The minimum absolute atomic E-state index is 0.301. The number of carbonyl (C=O) groups is 2.